The summed E-state index contributed by atoms with van der Waals surface area (Å²) in [6.07, 6.45) is 1.49. The van der Waals surface area contributed by atoms with Gasteiger partial charge in [-0.2, -0.15) is 0 Å². The first-order valence-electron chi connectivity index (χ1n) is 5.99. The highest BCUT2D eigenvalue weighted by molar-refractivity contribution is 6.29. The van der Waals surface area contributed by atoms with Crippen LogP contribution in [0.25, 0.3) is 0 Å². The SMILES string of the molecule is CON=Cc1cccc(C(=O)NC(C)(C)C(=O)CCl)c1. The molecule has 1 amide bonds. The number of carbonyl (C=O) groups is 2. The van der Waals surface area contributed by atoms with E-state index in [1.165, 1.54) is 13.3 Å². The van der Waals surface area contributed by atoms with Gasteiger partial charge in [0.25, 0.3) is 5.91 Å². The van der Waals surface area contributed by atoms with Gasteiger partial charge in [0.1, 0.15) is 7.11 Å². The maximum absolute atomic E-state index is 12.1. The van der Waals surface area contributed by atoms with Gasteiger partial charge in [-0.15, -0.1) is 11.6 Å². The van der Waals surface area contributed by atoms with E-state index in [4.69, 9.17) is 11.6 Å². The molecule has 1 rings (SSSR count). The van der Waals surface area contributed by atoms with Gasteiger partial charge in [0, 0.05) is 5.56 Å². The van der Waals surface area contributed by atoms with Crippen molar-refractivity contribution in [2.75, 3.05) is 13.0 Å². The lowest BCUT2D eigenvalue weighted by Gasteiger charge is -2.23. The van der Waals surface area contributed by atoms with E-state index in [0.717, 1.165) is 5.56 Å². The minimum absolute atomic E-state index is 0.145. The number of halogens is 1. The van der Waals surface area contributed by atoms with Crippen molar-refractivity contribution in [1.82, 2.24) is 5.32 Å². The Morgan fingerprint density at radius 1 is 1.45 bits per heavy atom. The molecule has 0 unspecified atom stereocenters. The van der Waals surface area contributed by atoms with Gasteiger partial charge >= 0.3 is 0 Å². The third-order valence-electron chi connectivity index (χ3n) is 2.70. The molecule has 108 valence electrons. The third kappa shape index (κ3) is 4.35. The molecule has 0 aliphatic rings. The molecule has 0 saturated heterocycles. The smallest absolute Gasteiger partial charge is 0.252 e. The van der Waals surface area contributed by atoms with Crippen molar-refractivity contribution in [3.05, 3.63) is 35.4 Å². The Labute approximate surface area is 122 Å². The molecule has 0 heterocycles. The Morgan fingerprint density at radius 3 is 2.75 bits per heavy atom. The van der Waals surface area contributed by atoms with Gasteiger partial charge in [0.05, 0.1) is 17.6 Å². The van der Waals surface area contributed by atoms with Crippen LogP contribution >= 0.6 is 11.6 Å². The first-order chi connectivity index (χ1) is 9.40. The number of amides is 1. The van der Waals surface area contributed by atoms with Crippen molar-refractivity contribution in [1.29, 1.82) is 0 Å². The fraction of sp³-hybridized carbons (Fsp3) is 0.357. The summed E-state index contributed by atoms with van der Waals surface area (Å²) in [6, 6.07) is 6.82. The molecule has 1 aromatic carbocycles. The number of carbonyl (C=O) groups excluding carboxylic acids is 2. The third-order valence-corrected chi connectivity index (χ3v) is 2.94. The van der Waals surface area contributed by atoms with E-state index < -0.39 is 5.54 Å². The molecule has 0 saturated carbocycles. The summed E-state index contributed by atoms with van der Waals surface area (Å²) in [6.45, 7) is 3.23. The minimum atomic E-state index is -1.00. The van der Waals surface area contributed by atoms with Crippen LogP contribution in [-0.4, -0.2) is 36.4 Å². The molecule has 0 atom stereocenters. The molecule has 5 nitrogen and oxygen atoms in total. The second-order valence-electron chi connectivity index (χ2n) is 4.68. The number of Topliss-reactive ketones (excluding diaryl/α,β-unsaturated/α-hetero) is 1. The van der Waals surface area contributed by atoms with Crippen molar-refractivity contribution in [2.24, 2.45) is 5.16 Å². The van der Waals surface area contributed by atoms with Gasteiger partial charge in [-0.3, -0.25) is 9.59 Å². The molecule has 6 heteroatoms. The second kappa shape index (κ2) is 7.05. The fourth-order valence-electron chi connectivity index (χ4n) is 1.47. The molecule has 0 radical (unpaired) electrons. The number of alkyl halides is 1. The quantitative estimate of drug-likeness (QED) is 0.496. The Kier molecular flexibility index (Phi) is 5.70. The molecule has 1 N–H and O–H groups in total. The summed E-state index contributed by atoms with van der Waals surface area (Å²) in [5, 5.41) is 6.29. The summed E-state index contributed by atoms with van der Waals surface area (Å²) in [5.41, 5.74) is 0.150. The highest BCUT2D eigenvalue weighted by Gasteiger charge is 2.28. The fourth-order valence-corrected chi connectivity index (χ4v) is 1.80. The molecular weight excluding hydrogens is 280 g/mol. The summed E-state index contributed by atoms with van der Waals surface area (Å²) in [7, 11) is 1.44. The number of nitrogens with one attached hydrogen (secondary N) is 1. The van der Waals surface area contributed by atoms with Crippen molar-refractivity contribution < 1.29 is 14.4 Å². The highest BCUT2D eigenvalue weighted by Crippen LogP contribution is 2.09. The Bertz CT molecular complexity index is 527. The molecule has 20 heavy (non-hydrogen) atoms. The number of oxime groups is 1. The van der Waals surface area contributed by atoms with Crippen LogP contribution in [0.5, 0.6) is 0 Å². The van der Waals surface area contributed by atoms with Crippen LogP contribution in [0.4, 0.5) is 0 Å². The number of benzene rings is 1. The lowest BCUT2D eigenvalue weighted by atomic mass is 9.99. The van der Waals surface area contributed by atoms with Crippen molar-refractivity contribution in [3.63, 3.8) is 0 Å². The summed E-state index contributed by atoms with van der Waals surface area (Å²) < 4.78 is 0. The molecule has 0 bridgehead atoms. The topological polar surface area (TPSA) is 67.8 Å². The summed E-state index contributed by atoms with van der Waals surface area (Å²) in [4.78, 5) is 28.3. The highest BCUT2D eigenvalue weighted by atomic mass is 35.5. The standard InChI is InChI=1S/C14H17ClN2O3/c1-14(2,12(18)8-15)17-13(19)11-6-4-5-10(7-11)9-16-20-3/h4-7,9H,8H2,1-3H3,(H,17,19). The molecular formula is C14H17ClN2O3. The van der Waals surface area contributed by atoms with E-state index in [1.54, 1.807) is 38.1 Å². The molecule has 0 aliphatic carbocycles. The largest absolute Gasteiger partial charge is 0.399 e. The molecule has 0 aliphatic heterocycles. The van der Waals surface area contributed by atoms with Crippen molar-refractivity contribution >= 4 is 29.5 Å². The van der Waals surface area contributed by atoms with Gasteiger partial charge in [-0.05, 0) is 31.5 Å². The van der Waals surface area contributed by atoms with E-state index in [9.17, 15) is 9.59 Å². The molecule has 0 fully saturated rings. The van der Waals surface area contributed by atoms with E-state index in [0.29, 0.717) is 5.56 Å². The van der Waals surface area contributed by atoms with Gasteiger partial charge in [-0.1, -0.05) is 17.3 Å². The van der Waals surface area contributed by atoms with Gasteiger partial charge in [0.15, 0.2) is 5.78 Å². The van der Waals surface area contributed by atoms with Crippen LogP contribution < -0.4 is 5.32 Å². The van der Waals surface area contributed by atoms with E-state index in [2.05, 4.69) is 15.3 Å². The van der Waals surface area contributed by atoms with Crippen LogP contribution in [0, 0.1) is 0 Å². The van der Waals surface area contributed by atoms with Crippen LogP contribution in [0.15, 0.2) is 29.4 Å². The lowest BCUT2D eigenvalue weighted by Crippen LogP contribution is -2.50. The van der Waals surface area contributed by atoms with Crippen LogP contribution in [0.3, 0.4) is 0 Å². The van der Waals surface area contributed by atoms with E-state index in [-0.39, 0.29) is 17.6 Å². The number of nitrogens with zero attached hydrogens (tertiary/aromatic N) is 1. The predicted octanol–water partition coefficient (Wildman–Crippen LogP) is 1.98. The zero-order valence-corrected chi connectivity index (χ0v) is 12.4. The zero-order valence-electron chi connectivity index (χ0n) is 11.6. The van der Waals surface area contributed by atoms with E-state index >= 15 is 0 Å². The summed E-state index contributed by atoms with van der Waals surface area (Å²) >= 11 is 5.52. The Balaban J connectivity index is 2.87. The van der Waals surface area contributed by atoms with Crippen molar-refractivity contribution in [3.8, 4) is 0 Å². The Hall–Kier alpha value is -1.88. The second-order valence-corrected chi connectivity index (χ2v) is 4.95. The molecule has 1 aromatic rings. The lowest BCUT2D eigenvalue weighted by molar-refractivity contribution is -0.121. The summed E-state index contributed by atoms with van der Waals surface area (Å²) in [5.74, 6) is -0.737. The first-order valence-corrected chi connectivity index (χ1v) is 6.52. The van der Waals surface area contributed by atoms with Crippen molar-refractivity contribution in [2.45, 2.75) is 19.4 Å². The molecule has 0 aromatic heterocycles. The van der Waals surface area contributed by atoms with Crippen LogP contribution in [0.2, 0.25) is 0 Å². The number of hydrogen-bond acceptors (Lipinski definition) is 4. The Morgan fingerprint density at radius 2 is 2.15 bits per heavy atom. The van der Waals surface area contributed by atoms with Gasteiger partial charge < -0.3 is 10.2 Å². The normalized spacial score (nSPS) is 11.4. The average molecular weight is 297 g/mol. The first kappa shape index (κ1) is 16.2. The zero-order chi connectivity index (χ0) is 15.2. The van der Waals surface area contributed by atoms with Gasteiger partial charge in [-0.25, -0.2) is 0 Å². The number of hydrogen-bond donors (Lipinski definition) is 1. The van der Waals surface area contributed by atoms with Crippen LogP contribution in [0.1, 0.15) is 29.8 Å². The number of rotatable bonds is 6. The van der Waals surface area contributed by atoms with E-state index in [1.807, 2.05) is 0 Å². The maximum atomic E-state index is 12.1. The maximum Gasteiger partial charge on any atom is 0.252 e. The monoisotopic (exact) mass is 296 g/mol. The van der Waals surface area contributed by atoms with Gasteiger partial charge in [0.2, 0.25) is 0 Å². The average Bonchev–Trinajstić information content (AvgIpc) is 2.43. The molecule has 0 spiro atoms. The van der Waals surface area contributed by atoms with Crippen LogP contribution in [-0.2, 0) is 9.63 Å². The predicted molar refractivity (Wildman–Crippen MR) is 78.3 cm³/mol. The minimum Gasteiger partial charge on any atom is -0.399 e. The number of ketones is 1.